The molecule has 0 saturated heterocycles. The molecule has 1 aliphatic rings. The van der Waals surface area contributed by atoms with Crippen molar-refractivity contribution in [2.75, 3.05) is 18.1 Å². The molecule has 2 aromatic rings. The number of nitrogens with one attached hydrogen (secondary N) is 1. The van der Waals surface area contributed by atoms with Gasteiger partial charge in [-0.05, 0) is 61.7 Å². The SMILES string of the molecule is CCCSCCCNC(=O)Cn1cnc2nc3c(cc2c1=O)CCCC3. The molecule has 0 bridgehead atoms. The van der Waals surface area contributed by atoms with E-state index < -0.39 is 0 Å². The lowest BCUT2D eigenvalue weighted by Gasteiger charge is -2.15. The second kappa shape index (κ2) is 9.16. The highest BCUT2D eigenvalue weighted by Crippen LogP contribution is 2.21. The molecular formula is C19H26N4O2S. The van der Waals surface area contributed by atoms with Crippen LogP contribution in [0.15, 0.2) is 17.2 Å². The second-order valence-electron chi connectivity index (χ2n) is 6.67. The van der Waals surface area contributed by atoms with Crippen molar-refractivity contribution in [3.05, 3.63) is 34.0 Å². The van der Waals surface area contributed by atoms with E-state index in [9.17, 15) is 9.59 Å². The number of carbonyl (C=O) groups excluding carboxylic acids is 1. The average Bonchev–Trinajstić information content (AvgIpc) is 2.66. The van der Waals surface area contributed by atoms with E-state index >= 15 is 0 Å². The summed E-state index contributed by atoms with van der Waals surface area (Å²) in [5.74, 6) is 2.05. The van der Waals surface area contributed by atoms with Crippen LogP contribution in [0.4, 0.5) is 0 Å². The molecule has 0 aromatic carbocycles. The molecule has 0 aliphatic heterocycles. The van der Waals surface area contributed by atoms with Gasteiger partial charge in [-0.3, -0.25) is 14.2 Å². The molecular weight excluding hydrogens is 348 g/mol. The Bertz CT molecular complexity index is 834. The Morgan fingerprint density at radius 3 is 3.00 bits per heavy atom. The van der Waals surface area contributed by atoms with Gasteiger partial charge in [-0.15, -0.1) is 0 Å². The molecule has 0 unspecified atom stereocenters. The maximum absolute atomic E-state index is 12.7. The van der Waals surface area contributed by atoms with Crippen molar-refractivity contribution < 1.29 is 4.79 Å². The summed E-state index contributed by atoms with van der Waals surface area (Å²) in [5, 5.41) is 3.39. The zero-order chi connectivity index (χ0) is 18.4. The summed E-state index contributed by atoms with van der Waals surface area (Å²) in [5.41, 5.74) is 2.51. The summed E-state index contributed by atoms with van der Waals surface area (Å²) in [6.45, 7) is 2.80. The van der Waals surface area contributed by atoms with Crippen LogP contribution in [0.25, 0.3) is 11.0 Å². The minimum atomic E-state index is -0.190. The third-order valence-corrected chi connectivity index (χ3v) is 5.82. The molecule has 7 heteroatoms. The van der Waals surface area contributed by atoms with Crippen LogP contribution < -0.4 is 10.9 Å². The van der Waals surface area contributed by atoms with E-state index in [4.69, 9.17) is 0 Å². The predicted octanol–water partition coefficient (Wildman–Crippen LogP) is 2.32. The molecule has 1 aliphatic carbocycles. The fraction of sp³-hybridized carbons (Fsp3) is 0.579. The van der Waals surface area contributed by atoms with Gasteiger partial charge in [0.2, 0.25) is 5.91 Å². The largest absolute Gasteiger partial charge is 0.355 e. The number of nitrogens with zero attached hydrogens (tertiary/aromatic N) is 3. The molecule has 140 valence electrons. The molecule has 2 heterocycles. The van der Waals surface area contributed by atoms with Crippen molar-refractivity contribution in [3.63, 3.8) is 0 Å². The van der Waals surface area contributed by atoms with Crippen LogP contribution in [0.1, 0.15) is 43.9 Å². The van der Waals surface area contributed by atoms with Gasteiger partial charge in [0.15, 0.2) is 5.65 Å². The summed E-state index contributed by atoms with van der Waals surface area (Å²) in [7, 11) is 0. The maximum atomic E-state index is 12.7. The number of aryl methyl sites for hydroxylation is 2. The number of hydrogen-bond acceptors (Lipinski definition) is 5. The van der Waals surface area contributed by atoms with E-state index in [1.54, 1.807) is 0 Å². The molecule has 0 fully saturated rings. The van der Waals surface area contributed by atoms with Crippen LogP contribution in [-0.2, 0) is 24.2 Å². The van der Waals surface area contributed by atoms with E-state index in [1.165, 1.54) is 17.3 Å². The van der Waals surface area contributed by atoms with Crippen molar-refractivity contribution >= 4 is 28.7 Å². The topological polar surface area (TPSA) is 76.9 Å². The zero-order valence-corrected chi connectivity index (χ0v) is 16.1. The molecule has 2 aromatic heterocycles. The van der Waals surface area contributed by atoms with Crippen LogP contribution in [0.3, 0.4) is 0 Å². The lowest BCUT2D eigenvalue weighted by atomic mass is 9.95. The first-order chi connectivity index (χ1) is 12.7. The van der Waals surface area contributed by atoms with Crippen molar-refractivity contribution in [2.24, 2.45) is 0 Å². The van der Waals surface area contributed by atoms with Crippen LogP contribution in [-0.4, -0.2) is 38.5 Å². The van der Waals surface area contributed by atoms with E-state index in [0.29, 0.717) is 17.6 Å². The molecule has 6 nitrogen and oxygen atoms in total. The number of fused-ring (bicyclic) bond motifs is 2. The fourth-order valence-corrected chi connectivity index (χ4v) is 4.02. The van der Waals surface area contributed by atoms with E-state index in [2.05, 4.69) is 22.2 Å². The average molecular weight is 375 g/mol. The van der Waals surface area contributed by atoms with Gasteiger partial charge in [-0.1, -0.05) is 6.92 Å². The highest BCUT2D eigenvalue weighted by atomic mass is 32.2. The molecule has 1 amide bonds. The third-order valence-electron chi connectivity index (χ3n) is 4.54. The molecule has 0 saturated carbocycles. The highest BCUT2D eigenvalue weighted by Gasteiger charge is 2.15. The Kier molecular flexibility index (Phi) is 6.66. The summed E-state index contributed by atoms with van der Waals surface area (Å²) in [6, 6.07) is 1.92. The summed E-state index contributed by atoms with van der Waals surface area (Å²) < 4.78 is 1.38. The van der Waals surface area contributed by atoms with Gasteiger partial charge in [0, 0.05) is 12.2 Å². The van der Waals surface area contributed by atoms with Gasteiger partial charge < -0.3 is 5.32 Å². The molecule has 0 atom stereocenters. The summed E-state index contributed by atoms with van der Waals surface area (Å²) >= 11 is 1.90. The van der Waals surface area contributed by atoms with Crippen molar-refractivity contribution in [2.45, 2.75) is 52.0 Å². The first-order valence-electron chi connectivity index (χ1n) is 9.41. The standard InChI is InChI=1S/C19H26N4O2S/c1-2-9-26-10-5-8-20-17(24)12-23-13-21-18-15(19(23)25)11-14-6-3-4-7-16(14)22-18/h11,13H,2-10,12H2,1H3,(H,20,24). The van der Waals surface area contributed by atoms with E-state index in [0.717, 1.165) is 54.9 Å². The highest BCUT2D eigenvalue weighted by molar-refractivity contribution is 7.99. The predicted molar refractivity (Wildman–Crippen MR) is 106 cm³/mol. The smallest absolute Gasteiger partial charge is 0.263 e. The molecule has 3 rings (SSSR count). The Morgan fingerprint density at radius 2 is 2.15 bits per heavy atom. The van der Waals surface area contributed by atoms with Crippen molar-refractivity contribution in [1.29, 1.82) is 0 Å². The Morgan fingerprint density at radius 1 is 1.31 bits per heavy atom. The first kappa shape index (κ1) is 18.9. The maximum Gasteiger partial charge on any atom is 0.263 e. The van der Waals surface area contributed by atoms with Gasteiger partial charge in [-0.25, -0.2) is 9.97 Å². The monoisotopic (exact) mass is 374 g/mol. The normalized spacial score (nSPS) is 13.6. The lowest BCUT2D eigenvalue weighted by Crippen LogP contribution is -2.33. The lowest BCUT2D eigenvalue weighted by molar-refractivity contribution is -0.121. The summed E-state index contributed by atoms with van der Waals surface area (Å²) in [6.07, 6.45) is 7.74. The minimum absolute atomic E-state index is 0.000953. The van der Waals surface area contributed by atoms with Gasteiger partial charge in [-0.2, -0.15) is 11.8 Å². The number of hydrogen-bond donors (Lipinski definition) is 1. The Labute approximate surface area is 157 Å². The van der Waals surface area contributed by atoms with Crippen LogP contribution >= 0.6 is 11.8 Å². The molecule has 0 radical (unpaired) electrons. The number of carbonyl (C=O) groups is 1. The third kappa shape index (κ3) is 4.63. The van der Waals surface area contributed by atoms with Gasteiger partial charge in [0.1, 0.15) is 12.9 Å². The second-order valence-corrected chi connectivity index (χ2v) is 7.89. The summed E-state index contributed by atoms with van der Waals surface area (Å²) in [4.78, 5) is 33.7. The Hall–Kier alpha value is -1.89. The number of amides is 1. The number of pyridine rings is 1. The van der Waals surface area contributed by atoms with Crippen molar-refractivity contribution in [1.82, 2.24) is 19.9 Å². The number of rotatable bonds is 8. The number of thioether (sulfide) groups is 1. The zero-order valence-electron chi connectivity index (χ0n) is 15.3. The van der Waals surface area contributed by atoms with Crippen molar-refractivity contribution in [3.8, 4) is 0 Å². The molecule has 1 N–H and O–H groups in total. The van der Waals surface area contributed by atoms with Gasteiger partial charge >= 0.3 is 0 Å². The van der Waals surface area contributed by atoms with Crippen LogP contribution in [0.2, 0.25) is 0 Å². The van der Waals surface area contributed by atoms with Gasteiger partial charge in [0.05, 0.1) is 5.39 Å². The minimum Gasteiger partial charge on any atom is -0.355 e. The first-order valence-corrected chi connectivity index (χ1v) is 10.6. The van der Waals surface area contributed by atoms with Crippen LogP contribution in [0, 0.1) is 0 Å². The van der Waals surface area contributed by atoms with Gasteiger partial charge in [0.25, 0.3) is 5.56 Å². The van der Waals surface area contributed by atoms with Crippen LogP contribution in [0.5, 0.6) is 0 Å². The Balaban J connectivity index is 1.64. The van der Waals surface area contributed by atoms with E-state index in [1.807, 2.05) is 17.8 Å². The quantitative estimate of drug-likeness (QED) is 0.718. The number of aromatic nitrogens is 3. The van der Waals surface area contributed by atoms with E-state index in [-0.39, 0.29) is 18.0 Å². The molecule has 26 heavy (non-hydrogen) atoms. The molecule has 0 spiro atoms. The fourth-order valence-electron chi connectivity index (χ4n) is 3.18.